The molecule has 1 aliphatic heterocycles. The number of benzene rings is 2. The second kappa shape index (κ2) is 17.1. The number of likely N-dealkylation sites (N-methyl/N-ethyl adjacent to an activating group) is 1. The highest BCUT2D eigenvalue weighted by molar-refractivity contribution is 5.97. The van der Waals surface area contributed by atoms with E-state index in [2.05, 4.69) is 55.5 Å². The molecular weight excluding hydrogens is 670 g/mol. The van der Waals surface area contributed by atoms with Crippen molar-refractivity contribution < 1.29 is 29.4 Å². The van der Waals surface area contributed by atoms with E-state index in [0.717, 1.165) is 41.8 Å². The number of rotatable bonds is 16. The number of aliphatic hydroxyl groups excluding tert-OH is 2. The average Bonchev–Trinajstić information content (AvgIpc) is 3.46. The fraction of sp³-hybridized carbons (Fsp3) is 0.667. The molecule has 0 aromatic heterocycles. The first kappa shape index (κ1) is 41.0. The van der Waals surface area contributed by atoms with Crippen LogP contribution < -0.4 is 20.7 Å². The second-order valence-corrected chi connectivity index (χ2v) is 17.1. The quantitative estimate of drug-likeness (QED) is 0.159. The van der Waals surface area contributed by atoms with Crippen LogP contribution in [-0.4, -0.2) is 103 Å². The standard InChI is InChI=1S/C42H65N5O6/c1-11-43-31-17-28(16-29(18-31)40(50)44-32(15-24(2)3)22-46(8)9)33-14-12-13-27(39(33)52-10)21-47-38(37(26(5)49)36(23-48)53-47)41(51)45-35-20-30-19-34(25(35)4)42(30,6)7/h12-14,16-18,24-26,30,32,34-38,43,48-49H,11,15,19-23H2,1-10H3,(H,44,50)(H,45,51)/t25-,26-,30+,32-,34-,35-,36-,37+,38-/m0/s1. The smallest absolute Gasteiger partial charge is 0.251 e. The minimum atomic E-state index is -0.895. The summed E-state index contributed by atoms with van der Waals surface area (Å²) in [5, 5.41) is 32.9. The van der Waals surface area contributed by atoms with Crippen LogP contribution in [0.5, 0.6) is 5.75 Å². The van der Waals surface area contributed by atoms with E-state index in [1.54, 1.807) is 19.1 Å². The number of hydroxylamine groups is 2. The van der Waals surface area contributed by atoms with Crippen LogP contribution in [0.1, 0.15) is 83.7 Å². The molecule has 53 heavy (non-hydrogen) atoms. The summed E-state index contributed by atoms with van der Waals surface area (Å²) in [5.74, 6) is 1.52. The molecule has 2 aromatic carbocycles. The Kier molecular flexibility index (Phi) is 13.2. The Balaban J connectivity index is 1.44. The average molecular weight is 736 g/mol. The molecule has 3 saturated carbocycles. The van der Waals surface area contributed by atoms with Crippen molar-refractivity contribution in [3.63, 3.8) is 0 Å². The first-order chi connectivity index (χ1) is 25.1. The Hall–Kier alpha value is -3.22. The molecule has 0 spiro atoms. The van der Waals surface area contributed by atoms with Crippen molar-refractivity contribution in [1.29, 1.82) is 0 Å². The van der Waals surface area contributed by atoms with Crippen LogP contribution >= 0.6 is 0 Å². The van der Waals surface area contributed by atoms with Gasteiger partial charge in [0.25, 0.3) is 5.91 Å². The van der Waals surface area contributed by atoms with E-state index >= 15 is 0 Å². The number of hydrogen-bond acceptors (Lipinski definition) is 9. The van der Waals surface area contributed by atoms with Crippen molar-refractivity contribution in [2.75, 3.05) is 46.2 Å². The number of carbonyl (C=O) groups is 2. The Morgan fingerprint density at radius 2 is 1.87 bits per heavy atom. The lowest BCUT2D eigenvalue weighted by Gasteiger charge is -2.62. The van der Waals surface area contributed by atoms with Gasteiger partial charge in [-0.1, -0.05) is 52.8 Å². The molecule has 11 heteroatoms. The highest BCUT2D eigenvalue weighted by Gasteiger charge is 2.57. The maximum atomic E-state index is 14.3. The summed E-state index contributed by atoms with van der Waals surface area (Å²) in [6, 6.07) is 10.8. The fourth-order valence-electron chi connectivity index (χ4n) is 9.51. The van der Waals surface area contributed by atoms with Gasteiger partial charge in [-0.15, -0.1) is 0 Å². The lowest BCUT2D eigenvalue weighted by molar-refractivity contribution is -0.183. The zero-order valence-electron chi connectivity index (χ0n) is 33.6. The van der Waals surface area contributed by atoms with Gasteiger partial charge in [0, 0.05) is 53.5 Å². The summed E-state index contributed by atoms with van der Waals surface area (Å²) in [4.78, 5) is 36.4. The number of ether oxygens (including phenoxy) is 1. The fourth-order valence-corrected chi connectivity index (χ4v) is 9.51. The minimum absolute atomic E-state index is 0.000664. The number of amides is 2. The van der Waals surface area contributed by atoms with Gasteiger partial charge in [-0.2, -0.15) is 5.06 Å². The van der Waals surface area contributed by atoms with Gasteiger partial charge in [-0.25, -0.2) is 0 Å². The van der Waals surface area contributed by atoms with Crippen molar-refractivity contribution in [2.24, 2.45) is 35.0 Å². The molecule has 294 valence electrons. The van der Waals surface area contributed by atoms with Crippen LogP contribution in [0.2, 0.25) is 0 Å². The maximum absolute atomic E-state index is 14.3. The summed E-state index contributed by atoms with van der Waals surface area (Å²) < 4.78 is 6.08. The summed E-state index contributed by atoms with van der Waals surface area (Å²) in [6.45, 7) is 16.2. The lowest BCUT2D eigenvalue weighted by atomic mass is 9.45. The zero-order chi connectivity index (χ0) is 38.8. The predicted octanol–water partition coefficient (Wildman–Crippen LogP) is 5.16. The number of para-hydroxylation sites is 1. The molecule has 1 heterocycles. The number of nitrogens with one attached hydrogen (secondary N) is 3. The highest BCUT2D eigenvalue weighted by Crippen LogP contribution is 2.61. The number of hydrogen-bond donors (Lipinski definition) is 5. The maximum Gasteiger partial charge on any atom is 0.251 e. The first-order valence-electron chi connectivity index (χ1n) is 19.6. The molecule has 5 N–H and O–H groups in total. The molecule has 6 rings (SSSR count). The van der Waals surface area contributed by atoms with Crippen LogP contribution in [0.25, 0.3) is 11.1 Å². The van der Waals surface area contributed by atoms with E-state index in [1.165, 1.54) is 6.42 Å². The highest BCUT2D eigenvalue weighted by atomic mass is 16.7. The molecular formula is C42H65N5O6. The van der Waals surface area contributed by atoms with Gasteiger partial charge in [0.1, 0.15) is 17.9 Å². The number of carbonyl (C=O) groups excluding carboxylic acids is 2. The molecule has 4 fully saturated rings. The summed E-state index contributed by atoms with van der Waals surface area (Å²) in [5.41, 5.74) is 4.01. The monoisotopic (exact) mass is 735 g/mol. The summed E-state index contributed by atoms with van der Waals surface area (Å²) in [7, 11) is 5.64. The SMILES string of the molecule is CCNc1cc(C(=O)N[C@@H](CC(C)C)CN(C)C)cc(-c2cccc(CN3O[C@@H](CO)[C@@H]([C@H](C)O)[C@H]3C(=O)N[C@H]3C[C@H]4C[C@@H]([C@@H]3C)C4(C)C)c2OC)c1. The molecule has 2 amide bonds. The van der Waals surface area contributed by atoms with E-state index in [4.69, 9.17) is 9.57 Å². The second-order valence-electron chi connectivity index (χ2n) is 17.1. The zero-order valence-corrected chi connectivity index (χ0v) is 33.6. The molecule has 1 saturated heterocycles. The van der Waals surface area contributed by atoms with E-state index < -0.39 is 24.2 Å². The number of fused-ring (bicyclic) bond motifs is 2. The summed E-state index contributed by atoms with van der Waals surface area (Å²) >= 11 is 0. The third-order valence-electron chi connectivity index (χ3n) is 12.3. The van der Waals surface area contributed by atoms with Crippen LogP contribution in [0.3, 0.4) is 0 Å². The van der Waals surface area contributed by atoms with Gasteiger partial charge in [0.15, 0.2) is 0 Å². The molecule has 0 unspecified atom stereocenters. The minimum Gasteiger partial charge on any atom is -0.496 e. The predicted molar refractivity (Wildman–Crippen MR) is 209 cm³/mol. The normalized spacial score (nSPS) is 27.6. The lowest BCUT2D eigenvalue weighted by Crippen LogP contribution is -2.62. The molecule has 2 bridgehead atoms. The van der Waals surface area contributed by atoms with Crippen molar-refractivity contribution in [3.8, 4) is 16.9 Å². The van der Waals surface area contributed by atoms with Gasteiger partial charge >= 0.3 is 0 Å². The number of methoxy groups -OCH3 is 1. The Morgan fingerprint density at radius 1 is 1.13 bits per heavy atom. The van der Waals surface area contributed by atoms with Gasteiger partial charge < -0.3 is 35.8 Å². The molecule has 11 nitrogen and oxygen atoms in total. The van der Waals surface area contributed by atoms with Crippen molar-refractivity contribution >= 4 is 17.5 Å². The third kappa shape index (κ3) is 8.86. The molecule has 4 aliphatic rings. The van der Waals surface area contributed by atoms with Gasteiger partial charge in [-0.05, 0) is 100 Å². The summed E-state index contributed by atoms with van der Waals surface area (Å²) in [6.07, 6.45) is 1.36. The van der Waals surface area contributed by atoms with E-state index in [9.17, 15) is 19.8 Å². The van der Waals surface area contributed by atoms with E-state index in [1.807, 2.05) is 57.4 Å². The van der Waals surface area contributed by atoms with Gasteiger partial charge in [-0.3, -0.25) is 14.4 Å². The first-order valence-corrected chi connectivity index (χ1v) is 19.6. The molecule has 2 aromatic rings. The molecule has 3 aliphatic carbocycles. The third-order valence-corrected chi connectivity index (χ3v) is 12.3. The molecule has 0 radical (unpaired) electrons. The van der Waals surface area contributed by atoms with Crippen LogP contribution in [0, 0.1) is 35.0 Å². The Bertz CT molecular complexity index is 1570. The largest absolute Gasteiger partial charge is 0.496 e. The van der Waals surface area contributed by atoms with E-state index in [-0.39, 0.29) is 42.5 Å². The number of aliphatic hydroxyl groups is 2. The van der Waals surface area contributed by atoms with Gasteiger partial charge in [0.05, 0.1) is 26.4 Å². The van der Waals surface area contributed by atoms with Crippen molar-refractivity contribution in [3.05, 3.63) is 47.5 Å². The molecule has 9 atom stereocenters. The van der Waals surface area contributed by atoms with Crippen molar-refractivity contribution in [1.82, 2.24) is 20.6 Å². The van der Waals surface area contributed by atoms with Crippen molar-refractivity contribution in [2.45, 2.75) is 105 Å². The van der Waals surface area contributed by atoms with Crippen LogP contribution in [-0.2, 0) is 16.2 Å². The van der Waals surface area contributed by atoms with E-state index in [0.29, 0.717) is 41.5 Å². The number of nitrogens with zero attached hydrogens (tertiary/aromatic N) is 2. The Morgan fingerprint density at radius 3 is 2.45 bits per heavy atom. The topological polar surface area (TPSA) is 136 Å². The van der Waals surface area contributed by atoms with Crippen LogP contribution in [0.15, 0.2) is 36.4 Å². The number of anilines is 1. The Labute approximate surface area is 317 Å². The van der Waals surface area contributed by atoms with Crippen LogP contribution in [0.4, 0.5) is 5.69 Å². The van der Waals surface area contributed by atoms with Gasteiger partial charge in [0.2, 0.25) is 5.91 Å².